The third-order valence-corrected chi connectivity index (χ3v) is 0. The predicted octanol–water partition coefficient (Wildman–Crippen LogP) is -1.29. The van der Waals surface area contributed by atoms with Gasteiger partial charge in [0.05, 0.1) is 0 Å². The quantitative estimate of drug-likeness (QED) is 0.293. The number of rotatable bonds is 0. The zero-order valence-electron chi connectivity index (χ0n) is 11.8. The van der Waals surface area contributed by atoms with Crippen molar-refractivity contribution in [3.63, 3.8) is 0 Å². The molecule has 0 radical (unpaired) electrons. The van der Waals surface area contributed by atoms with E-state index in [2.05, 4.69) is 0 Å². The molecule has 0 aliphatic rings. The van der Waals surface area contributed by atoms with Crippen LogP contribution in [0.3, 0.4) is 0 Å². The summed E-state index contributed by atoms with van der Waals surface area (Å²) in [5, 5.41) is 29.7. The van der Waals surface area contributed by atoms with Crippen molar-refractivity contribution in [2.75, 3.05) is 0 Å². The molecule has 0 bridgehead atoms. The Labute approximate surface area is 156 Å². The summed E-state index contributed by atoms with van der Waals surface area (Å²) in [6.45, 7) is 4.33. The van der Waals surface area contributed by atoms with Crippen LogP contribution in [0, 0.1) is 0 Å². The van der Waals surface area contributed by atoms with Crippen LogP contribution in [0.4, 0.5) is 0 Å². The smallest absolute Gasteiger partial charge is 0.300 e. The molecule has 0 aromatic rings. The Morgan fingerprint density at radius 3 is 0.500 bits per heavy atom. The van der Waals surface area contributed by atoms with E-state index in [0.29, 0.717) is 0 Å². The first kappa shape index (κ1) is 50.4. The fraction of sp³-hybridized carbons (Fsp3) is 0.500. The summed E-state index contributed by atoms with van der Waals surface area (Å²) in [4.78, 5) is 36.0. The van der Waals surface area contributed by atoms with Gasteiger partial charge in [-0.05, 0) is 0 Å². The van der Waals surface area contributed by atoms with Crippen LogP contribution in [0.5, 0.6) is 0 Å². The Morgan fingerprint density at radius 2 is 0.500 bits per heavy atom. The van der Waals surface area contributed by atoms with Gasteiger partial charge in [0.1, 0.15) is 0 Å². The van der Waals surface area contributed by atoms with E-state index in [1.165, 1.54) is 0 Å². The Kier molecular flexibility index (Phi) is 108. The van der Waals surface area contributed by atoms with Gasteiger partial charge in [0.25, 0.3) is 23.9 Å². The zero-order valence-corrected chi connectivity index (χ0v) is 19.9. The zero-order chi connectivity index (χ0) is 14.3. The van der Waals surface area contributed by atoms with Gasteiger partial charge >= 0.3 is 0 Å². The van der Waals surface area contributed by atoms with Crippen molar-refractivity contribution in [1.29, 1.82) is 0 Å². The molecule has 0 unspecified atom stereocenters. The number of hydrogen-bond acceptors (Lipinski definition) is 4. The summed E-state index contributed by atoms with van der Waals surface area (Å²) in [5.74, 6) is -3.33. The van der Waals surface area contributed by atoms with Crippen molar-refractivity contribution >= 4 is 23.9 Å². The number of aliphatic carboxylic acids is 4. The number of carbonyl (C=O) groups is 4. The van der Waals surface area contributed by atoms with E-state index >= 15 is 0 Å². The molecule has 8 N–H and O–H groups in total. The Morgan fingerprint density at radius 1 is 0.500 bits per heavy atom. The van der Waals surface area contributed by atoms with Gasteiger partial charge in [-0.25, -0.2) is 0 Å². The van der Waals surface area contributed by atoms with Crippen molar-refractivity contribution in [2.45, 2.75) is 27.7 Å². The molecule has 0 heterocycles. The van der Waals surface area contributed by atoms with E-state index in [1.54, 1.807) is 0 Å². The van der Waals surface area contributed by atoms with Gasteiger partial charge < -0.3 is 31.4 Å². The molecule has 116 valence electrons. The molecule has 0 aliphatic heterocycles. The van der Waals surface area contributed by atoms with Crippen LogP contribution in [0.15, 0.2) is 0 Å². The number of hydrogen-bond donors (Lipinski definition) is 4. The van der Waals surface area contributed by atoms with Gasteiger partial charge in [-0.3, -0.25) is 19.2 Å². The molecule has 0 saturated carbocycles. The van der Waals surface area contributed by atoms with Gasteiger partial charge in [-0.1, -0.05) is 0 Å². The average Bonchev–Trinajstić information content (AvgIpc) is 1.76. The molecular weight excluding hydrogens is 481 g/mol. The fourth-order valence-corrected chi connectivity index (χ4v) is 0. The molecular formula is C8H20Cd2O10. The van der Waals surface area contributed by atoms with Gasteiger partial charge in [-0.2, -0.15) is 0 Å². The maximum atomic E-state index is 9.00. The molecule has 0 atom stereocenters. The second-order valence-corrected chi connectivity index (χ2v) is 2.08. The molecule has 20 heavy (non-hydrogen) atoms. The van der Waals surface area contributed by atoms with E-state index in [4.69, 9.17) is 39.6 Å². The summed E-state index contributed by atoms with van der Waals surface area (Å²) in [6, 6.07) is 0. The fourth-order valence-electron chi connectivity index (χ4n) is 0. The number of carboxylic acid groups (broad SMARTS) is 4. The maximum Gasteiger partial charge on any atom is 0.300 e. The Balaban J connectivity index is -0.0000000150. The van der Waals surface area contributed by atoms with Gasteiger partial charge in [0.2, 0.25) is 0 Å². The van der Waals surface area contributed by atoms with Gasteiger partial charge in [-0.15, -0.1) is 0 Å². The molecule has 0 spiro atoms. The monoisotopic (exact) mass is 504 g/mol. The summed E-state index contributed by atoms with van der Waals surface area (Å²) in [5.41, 5.74) is 0. The standard InChI is InChI=1S/4C2H4O2.2Cd.2H2O/c4*1-2(3)4;;;;/h4*1H3,(H,3,4);;;2*1H2. The maximum absolute atomic E-state index is 9.00. The minimum atomic E-state index is -0.833. The van der Waals surface area contributed by atoms with Crippen LogP contribution in [0.25, 0.3) is 0 Å². The predicted molar refractivity (Wildman–Crippen MR) is 60.5 cm³/mol. The normalized spacial score (nSPS) is 5.00. The van der Waals surface area contributed by atoms with Gasteiger partial charge in [0.15, 0.2) is 0 Å². The molecule has 0 aromatic carbocycles. The van der Waals surface area contributed by atoms with Crippen molar-refractivity contribution in [2.24, 2.45) is 0 Å². The summed E-state index contributed by atoms with van der Waals surface area (Å²) < 4.78 is 0. The third-order valence-electron chi connectivity index (χ3n) is 0. The van der Waals surface area contributed by atoms with E-state index in [-0.39, 0.29) is 65.5 Å². The Hall–Kier alpha value is -0.356. The SMILES string of the molecule is CC(=O)O.CC(=O)O.CC(=O)O.CC(=O)O.O.O.[Cd].[Cd]. The van der Waals surface area contributed by atoms with Crippen LogP contribution in [-0.4, -0.2) is 55.3 Å². The molecule has 0 amide bonds. The minimum absolute atomic E-state index is 0. The van der Waals surface area contributed by atoms with E-state index in [9.17, 15) is 0 Å². The topological polar surface area (TPSA) is 212 Å². The molecule has 0 fully saturated rings. The molecule has 0 rings (SSSR count). The largest absolute Gasteiger partial charge is 0.481 e. The van der Waals surface area contributed by atoms with Crippen LogP contribution >= 0.6 is 0 Å². The van der Waals surface area contributed by atoms with Crippen molar-refractivity contribution in [1.82, 2.24) is 0 Å². The van der Waals surface area contributed by atoms with E-state index < -0.39 is 23.9 Å². The van der Waals surface area contributed by atoms with Crippen molar-refractivity contribution < 1.29 is 105 Å². The van der Waals surface area contributed by atoms with Gasteiger partial charge in [0, 0.05) is 82.3 Å². The number of carboxylic acids is 4. The Bertz CT molecular complexity index is 167. The van der Waals surface area contributed by atoms with Crippen LogP contribution in [0.1, 0.15) is 27.7 Å². The molecule has 0 saturated heterocycles. The first-order valence-electron chi connectivity index (χ1n) is 3.71. The average molecular weight is 501 g/mol. The summed E-state index contributed by atoms with van der Waals surface area (Å²) in [7, 11) is 0. The van der Waals surface area contributed by atoms with E-state index in [1.807, 2.05) is 0 Å². The minimum Gasteiger partial charge on any atom is -0.481 e. The van der Waals surface area contributed by atoms with Crippen LogP contribution in [0.2, 0.25) is 0 Å². The second kappa shape index (κ2) is 42.8. The summed E-state index contributed by atoms with van der Waals surface area (Å²) >= 11 is 0. The molecule has 12 heteroatoms. The molecule has 0 aliphatic carbocycles. The second-order valence-electron chi connectivity index (χ2n) is 2.08. The van der Waals surface area contributed by atoms with Crippen LogP contribution < -0.4 is 0 Å². The van der Waals surface area contributed by atoms with Crippen LogP contribution in [-0.2, 0) is 73.8 Å². The first-order chi connectivity index (χ1) is 6.93. The summed E-state index contributed by atoms with van der Waals surface area (Å²) in [6.07, 6.45) is 0. The van der Waals surface area contributed by atoms with Crippen molar-refractivity contribution in [3.8, 4) is 0 Å². The van der Waals surface area contributed by atoms with E-state index in [0.717, 1.165) is 27.7 Å². The third kappa shape index (κ3) is 38600. The van der Waals surface area contributed by atoms with Crippen molar-refractivity contribution in [3.05, 3.63) is 0 Å². The first-order valence-corrected chi connectivity index (χ1v) is 3.71. The molecule has 10 nitrogen and oxygen atoms in total. The molecule has 0 aromatic heterocycles.